The summed E-state index contributed by atoms with van der Waals surface area (Å²) in [6.45, 7) is 0.988. The highest BCUT2D eigenvalue weighted by atomic mass is 35.6. The maximum Gasteiger partial charge on any atom is 0.314 e. The van der Waals surface area contributed by atoms with Gasteiger partial charge in [-0.2, -0.15) is 8.42 Å². The first-order valence-electron chi connectivity index (χ1n) is 3.36. The first-order chi connectivity index (χ1) is 6.50. The predicted octanol–water partition coefficient (Wildman–Crippen LogP) is 1.08. The van der Waals surface area contributed by atoms with E-state index < -0.39 is 28.8 Å². The molecule has 0 amide bonds. The van der Waals surface area contributed by atoms with Crippen LogP contribution in [0, 0.1) is 0 Å². The van der Waals surface area contributed by atoms with Gasteiger partial charge in [-0.3, -0.25) is 8.75 Å². The van der Waals surface area contributed by atoms with Gasteiger partial charge in [-0.1, -0.05) is 34.8 Å². The Morgan fingerprint density at radius 2 is 1.67 bits per heavy atom. The normalized spacial score (nSPS) is 12.2. The van der Waals surface area contributed by atoms with Crippen LogP contribution in [0.15, 0.2) is 0 Å². The molecule has 0 bridgehead atoms. The summed E-state index contributed by atoms with van der Waals surface area (Å²) in [5, 5.41) is 0. The lowest BCUT2D eigenvalue weighted by molar-refractivity contribution is 0.326. The Hall–Kier alpha value is 0.930. The topological polar surface area (TPSA) is 101 Å². The van der Waals surface area contributed by atoms with Crippen molar-refractivity contribution in [3.8, 4) is 0 Å². The maximum absolute atomic E-state index is 10.6. The summed E-state index contributed by atoms with van der Waals surface area (Å²) in [6.07, 6.45) is 0. The van der Waals surface area contributed by atoms with Gasteiger partial charge < -0.3 is 9.79 Å². The fourth-order valence-corrected chi connectivity index (χ4v) is 1.12. The molecule has 15 heavy (non-hydrogen) atoms. The van der Waals surface area contributed by atoms with Gasteiger partial charge in [0.2, 0.25) is 3.79 Å². The Bertz CT molecular complexity index is 281. The summed E-state index contributed by atoms with van der Waals surface area (Å²) in [5.41, 5.74) is 0. The van der Waals surface area contributed by atoms with Crippen LogP contribution in [0.4, 0.5) is 0 Å². The molecule has 0 atom stereocenters. The van der Waals surface area contributed by atoms with E-state index in [1.165, 1.54) is 6.92 Å². The first-order valence-corrected chi connectivity index (χ1v) is 7.37. The van der Waals surface area contributed by atoms with Crippen LogP contribution in [0.3, 0.4) is 0 Å². The predicted molar refractivity (Wildman–Crippen MR) is 59.1 cm³/mol. The molecule has 0 aliphatic rings. The number of rotatable bonds is 3. The SMILES string of the molecule is CCS(=O)(=O)OCC(Cl)(Cl)Cl.O=[PH](O)O. The highest BCUT2D eigenvalue weighted by Gasteiger charge is 2.23. The van der Waals surface area contributed by atoms with Gasteiger partial charge in [-0.15, -0.1) is 0 Å². The molecule has 2 N–H and O–H groups in total. The number of halogens is 3. The van der Waals surface area contributed by atoms with Gasteiger partial charge in [0.05, 0.1) is 5.75 Å². The van der Waals surface area contributed by atoms with Crippen molar-refractivity contribution in [1.29, 1.82) is 0 Å². The van der Waals surface area contributed by atoms with Crippen molar-refractivity contribution in [1.82, 2.24) is 0 Å². The van der Waals surface area contributed by atoms with E-state index in [1.807, 2.05) is 0 Å². The van der Waals surface area contributed by atoms with E-state index in [9.17, 15) is 8.42 Å². The highest BCUT2D eigenvalue weighted by Crippen LogP contribution is 2.26. The minimum Gasteiger partial charge on any atom is -0.326 e. The van der Waals surface area contributed by atoms with E-state index in [0.717, 1.165) is 0 Å². The average Bonchev–Trinajstić information content (AvgIpc) is 1.99. The van der Waals surface area contributed by atoms with Crippen molar-refractivity contribution in [3.63, 3.8) is 0 Å². The monoisotopic (exact) mass is 322 g/mol. The fourth-order valence-electron chi connectivity index (χ4n) is 0.240. The maximum atomic E-state index is 10.6. The van der Waals surface area contributed by atoms with Crippen molar-refractivity contribution in [2.75, 3.05) is 12.4 Å². The second-order valence-electron chi connectivity index (χ2n) is 2.01. The van der Waals surface area contributed by atoms with Crippen LogP contribution in [0.25, 0.3) is 0 Å². The minimum atomic E-state index is -3.51. The van der Waals surface area contributed by atoms with Gasteiger partial charge in [-0.25, -0.2) is 0 Å². The summed E-state index contributed by atoms with van der Waals surface area (Å²) in [6, 6.07) is 0. The molecule has 0 aromatic rings. The summed E-state index contributed by atoms with van der Waals surface area (Å²) in [5.74, 6) is -0.131. The van der Waals surface area contributed by atoms with Crippen LogP contribution in [0.1, 0.15) is 6.92 Å². The lowest BCUT2D eigenvalue weighted by Gasteiger charge is -2.09. The highest BCUT2D eigenvalue weighted by molar-refractivity contribution is 7.86. The van der Waals surface area contributed by atoms with Crippen LogP contribution < -0.4 is 0 Å². The van der Waals surface area contributed by atoms with Crippen molar-refractivity contribution < 1.29 is 27.0 Å². The molecular weight excluding hydrogens is 313 g/mol. The van der Waals surface area contributed by atoms with E-state index in [0.29, 0.717) is 0 Å². The lowest BCUT2D eigenvalue weighted by atomic mass is 10.9. The number of hydrogen-bond donors (Lipinski definition) is 2. The summed E-state index contributed by atoms with van der Waals surface area (Å²) >= 11 is 15.7. The molecule has 6 nitrogen and oxygen atoms in total. The van der Waals surface area contributed by atoms with Gasteiger partial charge >= 0.3 is 8.25 Å². The van der Waals surface area contributed by atoms with Gasteiger partial charge in [0, 0.05) is 0 Å². The molecule has 0 saturated heterocycles. The molecule has 94 valence electrons. The lowest BCUT2D eigenvalue weighted by Crippen LogP contribution is -2.18. The summed E-state index contributed by atoms with van der Waals surface area (Å²) < 4.78 is 32.7. The van der Waals surface area contributed by atoms with E-state index in [-0.39, 0.29) is 5.75 Å². The van der Waals surface area contributed by atoms with E-state index in [1.54, 1.807) is 0 Å². The molecule has 0 fully saturated rings. The Balaban J connectivity index is 0. The Morgan fingerprint density at radius 1 is 1.33 bits per heavy atom. The zero-order valence-electron chi connectivity index (χ0n) is 7.48. The van der Waals surface area contributed by atoms with Crippen molar-refractivity contribution in [2.24, 2.45) is 0 Å². The molecule has 0 aromatic heterocycles. The molecule has 0 spiro atoms. The molecule has 0 aromatic carbocycles. The Morgan fingerprint density at radius 3 is 1.87 bits per heavy atom. The summed E-state index contributed by atoms with van der Waals surface area (Å²) in [7, 11) is -6.64. The summed E-state index contributed by atoms with van der Waals surface area (Å²) in [4.78, 5) is 14.3. The molecule has 0 radical (unpaired) electrons. The molecule has 0 aliphatic carbocycles. The fraction of sp³-hybridized carbons (Fsp3) is 1.00. The van der Waals surface area contributed by atoms with Crippen LogP contribution in [0.5, 0.6) is 0 Å². The largest absolute Gasteiger partial charge is 0.326 e. The standard InChI is InChI=1S/C4H7Cl3O3S.H3O3P/c1-2-11(8,9)10-3-4(5,6)7;1-4(2)3/h2-3H2,1H3;4H,(H2,1,2,3). The Labute approximate surface area is 103 Å². The number of hydrogen-bond acceptors (Lipinski definition) is 4. The minimum absolute atomic E-state index is 0.131. The van der Waals surface area contributed by atoms with Crippen LogP contribution >= 0.6 is 43.1 Å². The third-order valence-electron chi connectivity index (χ3n) is 0.756. The molecule has 0 aliphatic heterocycles. The van der Waals surface area contributed by atoms with Crippen molar-refractivity contribution >= 4 is 53.2 Å². The average molecular weight is 324 g/mol. The molecule has 0 heterocycles. The first kappa shape index (κ1) is 18.3. The van der Waals surface area contributed by atoms with Crippen LogP contribution in [0.2, 0.25) is 0 Å². The molecule has 0 saturated carbocycles. The van der Waals surface area contributed by atoms with Crippen molar-refractivity contribution in [2.45, 2.75) is 10.7 Å². The van der Waals surface area contributed by atoms with E-state index in [4.69, 9.17) is 49.2 Å². The molecule has 0 rings (SSSR count). The Kier molecular flexibility index (Phi) is 9.86. The van der Waals surface area contributed by atoms with Gasteiger partial charge in [0.15, 0.2) is 0 Å². The molecule has 0 unspecified atom stereocenters. The van der Waals surface area contributed by atoms with Crippen molar-refractivity contribution in [3.05, 3.63) is 0 Å². The van der Waals surface area contributed by atoms with Gasteiger partial charge in [0.1, 0.15) is 6.61 Å². The third kappa shape index (κ3) is 20.9. The molecular formula is C4H10Cl3O6PS. The van der Waals surface area contributed by atoms with Crippen LogP contribution in [-0.4, -0.2) is 34.4 Å². The van der Waals surface area contributed by atoms with E-state index in [2.05, 4.69) is 4.18 Å². The molecule has 11 heteroatoms. The zero-order valence-corrected chi connectivity index (χ0v) is 11.6. The number of alkyl halides is 3. The van der Waals surface area contributed by atoms with Crippen LogP contribution in [-0.2, 0) is 18.9 Å². The quantitative estimate of drug-likeness (QED) is 0.458. The van der Waals surface area contributed by atoms with E-state index >= 15 is 0 Å². The van der Waals surface area contributed by atoms with Gasteiger partial charge in [0.25, 0.3) is 10.1 Å². The second-order valence-corrected chi connectivity index (χ2v) is 7.02. The van der Waals surface area contributed by atoms with Gasteiger partial charge in [-0.05, 0) is 6.92 Å². The second kappa shape index (κ2) is 8.08. The third-order valence-corrected chi connectivity index (χ3v) is 2.27. The zero-order chi connectivity index (χ0) is 12.7. The smallest absolute Gasteiger partial charge is 0.314 e.